The minimum atomic E-state index is -0.183. The second kappa shape index (κ2) is 8.65. The Morgan fingerprint density at radius 3 is 2.84 bits per heavy atom. The predicted octanol–water partition coefficient (Wildman–Crippen LogP) is 3.14. The number of aliphatic hydroxyl groups is 1. The molecular formula is C20H24N2O3. The summed E-state index contributed by atoms with van der Waals surface area (Å²) in [5, 5.41) is 12.1. The third-order valence-corrected chi connectivity index (χ3v) is 4.51. The van der Waals surface area contributed by atoms with E-state index in [1.807, 2.05) is 18.2 Å². The number of piperidine rings is 1. The van der Waals surface area contributed by atoms with Gasteiger partial charge in [0, 0.05) is 24.9 Å². The lowest BCUT2D eigenvalue weighted by molar-refractivity contribution is -0.111. The number of carbonyl (C=O) groups is 1. The molecule has 132 valence electrons. The minimum absolute atomic E-state index is 0.183. The van der Waals surface area contributed by atoms with E-state index in [-0.39, 0.29) is 5.91 Å². The Morgan fingerprint density at radius 2 is 2.12 bits per heavy atom. The van der Waals surface area contributed by atoms with Crippen LogP contribution in [0.2, 0.25) is 0 Å². The zero-order chi connectivity index (χ0) is 17.5. The summed E-state index contributed by atoms with van der Waals surface area (Å²) in [5.74, 6) is 0.912. The van der Waals surface area contributed by atoms with Crippen LogP contribution in [0.3, 0.4) is 0 Å². The van der Waals surface area contributed by atoms with E-state index >= 15 is 0 Å². The highest BCUT2D eigenvalue weighted by molar-refractivity contribution is 6.01. The highest BCUT2D eigenvalue weighted by atomic mass is 16.3. The van der Waals surface area contributed by atoms with Crippen LogP contribution in [0, 0.1) is 5.92 Å². The summed E-state index contributed by atoms with van der Waals surface area (Å²) in [6.45, 7) is 3.17. The Balaban J connectivity index is 1.53. The van der Waals surface area contributed by atoms with Gasteiger partial charge in [-0.1, -0.05) is 12.1 Å². The number of hydrogen-bond donors (Lipinski definition) is 2. The molecule has 1 saturated heterocycles. The molecule has 0 unspecified atom stereocenters. The molecule has 1 aromatic heterocycles. The van der Waals surface area contributed by atoms with E-state index in [4.69, 9.17) is 4.42 Å². The molecule has 0 spiro atoms. The first-order chi connectivity index (χ1) is 12.2. The molecule has 0 radical (unpaired) electrons. The molecular weight excluding hydrogens is 316 g/mol. The van der Waals surface area contributed by atoms with E-state index < -0.39 is 0 Å². The van der Waals surface area contributed by atoms with Crippen molar-refractivity contribution in [3.05, 3.63) is 60.1 Å². The van der Waals surface area contributed by atoms with Gasteiger partial charge in [-0.25, -0.2) is 0 Å². The standard InChI is InChI=1S/C20H24N2O3/c23-15-16-8-10-22(11-9-16)14-17-3-1-4-18(13-17)21-20(24)7-6-19-5-2-12-25-19/h1-7,12-13,16,23H,8-11,14-15H2,(H,21,24)/b7-6+. The van der Waals surface area contributed by atoms with E-state index in [0.29, 0.717) is 18.3 Å². The highest BCUT2D eigenvalue weighted by Crippen LogP contribution is 2.19. The average Bonchev–Trinajstić information content (AvgIpc) is 3.15. The van der Waals surface area contributed by atoms with Crippen LogP contribution in [0.15, 0.2) is 53.2 Å². The summed E-state index contributed by atoms with van der Waals surface area (Å²) in [5.41, 5.74) is 1.96. The molecule has 3 rings (SSSR count). The number of aliphatic hydroxyl groups excluding tert-OH is 1. The Bertz CT molecular complexity index is 701. The lowest BCUT2D eigenvalue weighted by Crippen LogP contribution is -2.34. The van der Waals surface area contributed by atoms with Crippen molar-refractivity contribution in [2.75, 3.05) is 25.0 Å². The summed E-state index contributed by atoms with van der Waals surface area (Å²) in [6.07, 6.45) is 6.77. The van der Waals surface area contributed by atoms with Crippen LogP contribution in [0.5, 0.6) is 0 Å². The fourth-order valence-corrected chi connectivity index (χ4v) is 3.06. The lowest BCUT2D eigenvalue weighted by atomic mass is 9.97. The molecule has 1 aliphatic rings. The molecule has 0 saturated carbocycles. The zero-order valence-corrected chi connectivity index (χ0v) is 14.2. The Kier molecular flexibility index (Phi) is 6.04. The van der Waals surface area contributed by atoms with Gasteiger partial charge in [0.2, 0.25) is 5.91 Å². The average molecular weight is 340 g/mol. The van der Waals surface area contributed by atoms with Gasteiger partial charge in [0.15, 0.2) is 0 Å². The second-order valence-electron chi connectivity index (χ2n) is 6.44. The highest BCUT2D eigenvalue weighted by Gasteiger charge is 2.18. The maximum atomic E-state index is 12.0. The maximum absolute atomic E-state index is 12.0. The van der Waals surface area contributed by atoms with Gasteiger partial charge in [0.1, 0.15) is 5.76 Å². The van der Waals surface area contributed by atoms with Gasteiger partial charge in [0.05, 0.1) is 6.26 Å². The van der Waals surface area contributed by atoms with Crippen LogP contribution in [0.4, 0.5) is 5.69 Å². The van der Waals surface area contributed by atoms with Crippen molar-refractivity contribution < 1.29 is 14.3 Å². The Labute approximate surface area is 148 Å². The van der Waals surface area contributed by atoms with Crippen LogP contribution >= 0.6 is 0 Å². The monoisotopic (exact) mass is 340 g/mol. The van der Waals surface area contributed by atoms with Gasteiger partial charge in [-0.2, -0.15) is 0 Å². The molecule has 0 bridgehead atoms. The quantitative estimate of drug-likeness (QED) is 0.793. The number of rotatable bonds is 6. The smallest absolute Gasteiger partial charge is 0.248 e. The fraction of sp³-hybridized carbons (Fsp3) is 0.350. The molecule has 1 aliphatic heterocycles. The number of benzene rings is 1. The number of amides is 1. The van der Waals surface area contributed by atoms with E-state index in [9.17, 15) is 9.90 Å². The first-order valence-corrected chi connectivity index (χ1v) is 8.67. The summed E-state index contributed by atoms with van der Waals surface area (Å²) < 4.78 is 5.17. The molecule has 1 fully saturated rings. The zero-order valence-electron chi connectivity index (χ0n) is 14.2. The van der Waals surface area contributed by atoms with Crippen molar-refractivity contribution in [2.24, 2.45) is 5.92 Å². The summed E-state index contributed by atoms with van der Waals surface area (Å²) >= 11 is 0. The molecule has 5 nitrogen and oxygen atoms in total. The second-order valence-corrected chi connectivity index (χ2v) is 6.44. The Morgan fingerprint density at radius 1 is 1.28 bits per heavy atom. The van der Waals surface area contributed by atoms with Gasteiger partial charge in [-0.05, 0) is 67.8 Å². The SMILES string of the molecule is O=C(/C=C/c1ccco1)Nc1cccc(CN2CCC(CO)CC2)c1. The molecule has 0 aliphatic carbocycles. The number of furan rings is 1. The van der Waals surface area contributed by atoms with Crippen LogP contribution in [0.1, 0.15) is 24.2 Å². The normalized spacial score (nSPS) is 16.4. The number of hydrogen-bond acceptors (Lipinski definition) is 4. The molecule has 2 aromatic rings. The number of nitrogens with one attached hydrogen (secondary N) is 1. The van der Waals surface area contributed by atoms with Crippen molar-refractivity contribution in [3.63, 3.8) is 0 Å². The van der Waals surface area contributed by atoms with Crippen molar-refractivity contribution in [2.45, 2.75) is 19.4 Å². The van der Waals surface area contributed by atoms with Gasteiger partial charge < -0.3 is 14.8 Å². The summed E-state index contributed by atoms with van der Waals surface area (Å²) in [6, 6.07) is 11.5. The van der Waals surface area contributed by atoms with E-state index in [1.165, 1.54) is 11.6 Å². The molecule has 2 heterocycles. The largest absolute Gasteiger partial charge is 0.465 e. The molecule has 1 aromatic carbocycles. The third kappa shape index (κ3) is 5.31. The topological polar surface area (TPSA) is 65.7 Å². The number of nitrogens with zero attached hydrogens (tertiary/aromatic N) is 1. The predicted molar refractivity (Wildman–Crippen MR) is 97.9 cm³/mol. The van der Waals surface area contributed by atoms with Gasteiger partial charge in [0.25, 0.3) is 0 Å². The minimum Gasteiger partial charge on any atom is -0.465 e. The van der Waals surface area contributed by atoms with Crippen LogP contribution in [0.25, 0.3) is 6.08 Å². The maximum Gasteiger partial charge on any atom is 0.248 e. The number of carbonyl (C=O) groups excluding carboxylic acids is 1. The number of likely N-dealkylation sites (tertiary alicyclic amines) is 1. The molecule has 0 atom stereocenters. The number of anilines is 1. The molecule has 2 N–H and O–H groups in total. The van der Waals surface area contributed by atoms with Gasteiger partial charge in [-0.15, -0.1) is 0 Å². The van der Waals surface area contributed by atoms with Crippen LogP contribution in [-0.2, 0) is 11.3 Å². The molecule has 5 heteroatoms. The van der Waals surface area contributed by atoms with E-state index in [2.05, 4.69) is 16.3 Å². The van der Waals surface area contributed by atoms with Crippen molar-refractivity contribution in [3.8, 4) is 0 Å². The van der Waals surface area contributed by atoms with Gasteiger partial charge >= 0.3 is 0 Å². The first-order valence-electron chi connectivity index (χ1n) is 8.67. The van der Waals surface area contributed by atoms with Crippen molar-refractivity contribution in [1.29, 1.82) is 0 Å². The molecule has 1 amide bonds. The first kappa shape index (κ1) is 17.5. The summed E-state index contributed by atoms with van der Waals surface area (Å²) in [4.78, 5) is 14.4. The van der Waals surface area contributed by atoms with Crippen LogP contribution in [-0.4, -0.2) is 35.6 Å². The van der Waals surface area contributed by atoms with Crippen LogP contribution < -0.4 is 5.32 Å². The van der Waals surface area contributed by atoms with Gasteiger partial charge in [-0.3, -0.25) is 9.69 Å². The van der Waals surface area contributed by atoms with E-state index in [1.54, 1.807) is 24.5 Å². The fourth-order valence-electron chi connectivity index (χ4n) is 3.06. The Hall–Kier alpha value is -2.37. The molecule has 25 heavy (non-hydrogen) atoms. The lowest BCUT2D eigenvalue weighted by Gasteiger charge is -2.31. The third-order valence-electron chi connectivity index (χ3n) is 4.51. The van der Waals surface area contributed by atoms with Crippen molar-refractivity contribution in [1.82, 2.24) is 4.90 Å². The summed E-state index contributed by atoms with van der Waals surface area (Å²) in [7, 11) is 0. The van der Waals surface area contributed by atoms with Crippen molar-refractivity contribution >= 4 is 17.7 Å². The van der Waals surface area contributed by atoms with E-state index in [0.717, 1.165) is 38.2 Å².